The highest BCUT2D eigenvalue weighted by Crippen LogP contribution is 2.42. The maximum absolute atomic E-state index is 6.08. The van der Waals surface area contributed by atoms with Crippen molar-refractivity contribution in [3.63, 3.8) is 0 Å². The Hall–Kier alpha value is 0.0969. The van der Waals surface area contributed by atoms with Crippen LogP contribution < -0.4 is 0 Å². The smallest absolute Gasteiger partial charge is 0.373 e. The molecule has 17 heavy (non-hydrogen) atoms. The highest BCUT2D eigenvalue weighted by molar-refractivity contribution is 6.62. The third-order valence-corrected chi connectivity index (χ3v) is 6.52. The molecule has 102 valence electrons. The predicted octanol–water partition coefficient (Wildman–Crippen LogP) is 3.76. The van der Waals surface area contributed by atoms with Crippen molar-refractivity contribution < 1.29 is 13.3 Å². The lowest BCUT2D eigenvalue weighted by molar-refractivity contribution is 0.0403. The molecule has 0 saturated heterocycles. The van der Waals surface area contributed by atoms with E-state index in [4.69, 9.17) is 13.3 Å². The molecule has 0 bridgehead atoms. The molecule has 0 amide bonds. The lowest BCUT2D eigenvalue weighted by Gasteiger charge is -2.40. The van der Waals surface area contributed by atoms with Crippen LogP contribution in [0.1, 0.15) is 59.3 Å². The first kappa shape index (κ1) is 15.2. The Morgan fingerprint density at radius 1 is 0.824 bits per heavy atom. The molecule has 0 atom stereocenters. The minimum atomic E-state index is -2.38. The van der Waals surface area contributed by atoms with Crippen LogP contribution in [0, 0.1) is 0 Å². The SMILES string of the molecule is CCCO[Si](OCCC)(OCCC)C1CCC1. The fourth-order valence-corrected chi connectivity index (χ4v) is 5.51. The maximum Gasteiger partial charge on any atom is 0.504 e. The zero-order valence-electron chi connectivity index (χ0n) is 11.7. The lowest BCUT2D eigenvalue weighted by Crippen LogP contribution is -2.52. The molecule has 1 fully saturated rings. The van der Waals surface area contributed by atoms with Crippen molar-refractivity contribution in [1.82, 2.24) is 0 Å². The van der Waals surface area contributed by atoms with Crippen LogP contribution in [0.3, 0.4) is 0 Å². The molecule has 0 aromatic carbocycles. The minimum absolute atomic E-state index is 0.562. The van der Waals surface area contributed by atoms with Gasteiger partial charge in [0.15, 0.2) is 0 Å². The van der Waals surface area contributed by atoms with E-state index in [9.17, 15) is 0 Å². The number of hydrogen-bond acceptors (Lipinski definition) is 3. The Labute approximate surface area is 107 Å². The van der Waals surface area contributed by atoms with Crippen molar-refractivity contribution in [3.05, 3.63) is 0 Å². The van der Waals surface area contributed by atoms with E-state index in [0.29, 0.717) is 5.54 Å². The van der Waals surface area contributed by atoms with Gasteiger partial charge in [-0.25, -0.2) is 0 Å². The van der Waals surface area contributed by atoms with Crippen molar-refractivity contribution in [2.45, 2.75) is 64.8 Å². The van der Waals surface area contributed by atoms with Crippen molar-refractivity contribution in [2.75, 3.05) is 19.8 Å². The molecule has 0 heterocycles. The summed E-state index contributed by atoms with van der Waals surface area (Å²) in [6.07, 6.45) is 6.86. The molecule has 0 spiro atoms. The molecule has 0 aromatic heterocycles. The van der Waals surface area contributed by atoms with Crippen LogP contribution in [-0.2, 0) is 13.3 Å². The molecule has 0 unspecified atom stereocenters. The number of rotatable bonds is 10. The molecule has 3 nitrogen and oxygen atoms in total. The molecule has 0 radical (unpaired) electrons. The van der Waals surface area contributed by atoms with Gasteiger partial charge in [0, 0.05) is 25.4 Å². The average Bonchev–Trinajstić information content (AvgIpc) is 2.28. The van der Waals surface area contributed by atoms with Gasteiger partial charge < -0.3 is 13.3 Å². The second-order valence-electron chi connectivity index (χ2n) is 4.78. The zero-order chi connectivity index (χ0) is 12.6. The summed E-state index contributed by atoms with van der Waals surface area (Å²) in [5.41, 5.74) is 0.562. The van der Waals surface area contributed by atoms with Gasteiger partial charge in [-0.1, -0.05) is 27.2 Å². The van der Waals surface area contributed by atoms with Crippen molar-refractivity contribution in [1.29, 1.82) is 0 Å². The van der Waals surface area contributed by atoms with Gasteiger partial charge in [-0.15, -0.1) is 0 Å². The van der Waals surface area contributed by atoms with E-state index >= 15 is 0 Å². The van der Waals surface area contributed by atoms with Gasteiger partial charge in [0.25, 0.3) is 0 Å². The summed E-state index contributed by atoms with van der Waals surface area (Å²) >= 11 is 0. The monoisotopic (exact) mass is 260 g/mol. The first-order valence-electron chi connectivity index (χ1n) is 7.20. The molecule has 1 rings (SSSR count). The Balaban J connectivity index is 2.59. The molecule has 1 saturated carbocycles. The summed E-state index contributed by atoms with van der Waals surface area (Å²) in [6, 6.07) is 0. The first-order chi connectivity index (χ1) is 8.29. The van der Waals surface area contributed by atoms with E-state index in [1.54, 1.807) is 0 Å². The van der Waals surface area contributed by atoms with Crippen LogP contribution in [0.5, 0.6) is 0 Å². The normalized spacial score (nSPS) is 17.1. The van der Waals surface area contributed by atoms with E-state index in [-0.39, 0.29) is 0 Å². The van der Waals surface area contributed by atoms with Crippen LogP contribution in [-0.4, -0.2) is 28.6 Å². The highest BCUT2D eigenvalue weighted by atomic mass is 28.4. The van der Waals surface area contributed by atoms with Gasteiger partial charge in [-0.3, -0.25) is 0 Å². The van der Waals surface area contributed by atoms with Gasteiger partial charge in [-0.05, 0) is 32.1 Å². The van der Waals surface area contributed by atoms with Crippen LogP contribution in [0.15, 0.2) is 0 Å². The van der Waals surface area contributed by atoms with Gasteiger partial charge in [0.05, 0.1) is 0 Å². The summed E-state index contributed by atoms with van der Waals surface area (Å²) in [6.45, 7) is 8.74. The Morgan fingerprint density at radius 2 is 1.24 bits per heavy atom. The molecule has 1 aliphatic carbocycles. The van der Waals surface area contributed by atoms with Crippen molar-refractivity contribution in [2.24, 2.45) is 0 Å². The van der Waals surface area contributed by atoms with Gasteiger partial charge in [0.1, 0.15) is 0 Å². The van der Waals surface area contributed by atoms with Crippen molar-refractivity contribution >= 4 is 8.80 Å². The lowest BCUT2D eigenvalue weighted by atomic mass is 10.00. The van der Waals surface area contributed by atoms with E-state index in [1.165, 1.54) is 19.3 Å². The van der Waals surface area contributed by atoms with E-state index < -0.39 is 8.80 Å². The highest BCUT2D eigenvalue weighted by Gasteiger charge is 2.51. The van der Waals surface area contributed by atoms with Crippen LogP contribution in [0.2, 0.25) is 5.54 Å². The topological polar surface area (TPSA) is 27.7 Å². The van der Waals surface area contributed by atoms with E-state index in [2.05, 4.69) is 20.8 Å². The summed E-state index contributed by atoms with van der Waals surface area (Å²) in [7, 11) is -2.38. The third-order valence-electron chi connectivity index (χ3n) is 3.13. The zero-order valence-corrected chi connectivity index (χ0v) is 12.7. The van der Waals surface area contributed by atoms with Crippen LogP contribution in [0.25, 0.3) is 0 Å². The Bertz CT molecular complexity index is 173. The second-order valence-corrected chi connectivity index (χ2v) is 7.67. The predicted molar refractivity (Wildman–Crippen MR) is 72.1 cm³/mol. The Kier molecular flexibility index (Phi) is 7.35. The minimum Gasteiger partial charge on any atom is -0.373 e. The largest absolute Gasteiger partial charge is 0.504 e. The Morgan fingerprint density at radius 3 is 1.47 bits per heavy atom. The third kappa shape index (κ3) is 4.36. The summed E-state index contributed by atoms with van der Waals surface area (Å²) in [4.78, 5) is 0. The van der Waals surface area contributed by atoms with Crippen molar-refractivity contribution in [3.8, 4) is 0 Å². The maximum atomic E-state index is 6.08. The molecule has 0 aliphatic heterocycles. The van der Waals surface area contributed by atoms with Crippen LogP contribution in [0.4, 0.5) is 0 Å². The first-order valence-corrected chi connectivity index (χ1v) is 9.01. The second kappa shape index (κ2) is 8.24. The molecular formula is C13H28O3Si. The molecule has 1 aliphatic rings. The van der Waals surface area contributed by atoms with Gasteiger partial charge in [0.2, 0.25) is 0 Å². The summed E-state index contributed by atoms with van der Waals surface area (Å²) in [5, 5.41) is 0. The summed E-state index contributed by atoms with van der Waals surface area (Å²) < 4.78 is 18.2. The van der Waals surface area contributed by atoms with Gasteiger partial charge >= 0.3 is 8.80 Å². The molecule has 4 heteroatoms. The standard InChI is InChI=1S/C13H28O3Si/c1-4-10-14-17(15-11-5-2,16-12-6-3)13-8-7-9-13/h13H,4-12H2,1-3H3. The molecule has 0 N–H and O–H groups in total. The fraction of sp³-hybridized carbons (Fsp3) is 1.00. The van der Waals surface area contributed by atoms with E-state index in [0.717, 1.165) is 39.1 Å². The molecular weight excluding hydrogens is 232 g/mol. The summed E-state index contributed by atoms with van der Waals surface area (Å²) in [5.74, 6) is 0. The number of hydrogen-bond donors (Lipinski definition) is 0. The van der Waals surface area contributed by atoms with E-state index in [1.807, 2.05) is 0 Å². The molecule has 0 aromatic rings. The van der Waals surface area contributed by atoms with Crippen LogP contribution >= 0.6 is 0 Å². The van der Waals surface area contributed by atoms with Gasteiger partial charge in [-0.2, -0.15) is 0 Å². The fourth-order valence-electron chi connectivity index (χ4n) is 1.97. The average molecular weight is 260 g/mol. The quantitative estimate of drug-likeness (QED) is 0.560.